The summed E-state index contributed by atoms with van der Waals surface area (Å²) in [4.78, 5) is 13.2. The van der Waals surface area contributed by atoms with E-state index < -0.39 is 0 Å². The fraction of sp³-hybridized carbons (Fsp3) is 0.333. The summed E-state index contributed by atoms with van der Waals surface area (Å²) in [6.45, 7) is 2.37. The van der Waals surface area contributed by atoms with E-state index in [0.717, 1.165) is 5.69 Å². The maximum Gasteiger partial charge on any atom is 0.238 e. The van der Waals surface area contributed by atoms with Crippen LogP contribution in [0.5, 0.6) is 0 Å². The number of carbonyl (C=O) groups is 1. The normalized spacial score (nSPS) is 11.4. The predicted molar refractivity (Wildman–Crippen MR) is 65.9 cm³/mol. The summed E-state index contributed by atoms with van der Waals surface area (Å²) in [5, 5.41) is 8.69. The van der Waals surface area contributed by atoms with Crippen molar-refractivity contribution in [3.63, 3.8) is 0 Å². The molecule has 5 heteroatoms. The Kier molecular flexibility index (Phi) is 4.49. The smallest absolute Gasteiger partial charge is 0.238 e. The fourth-order valence-corrected chi connectivity index (χ4v) is 1.53. The van der Waals surface area contributed by atoms with Crippen LogP contribution in [0.1, 0.15) is 12.5 Å². The molecule has 0 spiro atoms. The summed E-state index contributed by atoms with van der Waals surface area (Å²) >= 11 is 0. The number of hydrazine groups is 1. The Morgan fingerprint density at radius 3 is 2.59 bits per heavy atom. The maximum absolute atomic E-state index is 11.3. The molecule has 1 unspecified atom stereocenters. The van der Waals surface area contributed by atoms with Crippen molar-refractivity contribution < 1.29 is 4.79 Å². The fourth-order valence-electron chi connectivity index (χ4n) is 1.53. The van der Waals surface area contributed by atoms with Gasteiger partial charge in [0.15, 0.2) is 0 Å². The van der Waals surface area contributed by atoms with E-state index >= 15 is 0 Å². The number of nitrogens with two attached hydrogens (primary N) is 1. The van der Waals surface area contributed by atoms with E-state index in [1.807, 2.05) is 31.0 Å². The number of anilines is 1. The second kappa shape index (κ2) is 5.87. The van der Waals surface area contributed by atoms with Gasteiger partial charge >= 0.3 is 0 Å². The first-order valence-corrected chi connectivity index (χ1v) is 5.30. The minimum Gasteiger partial charge on any atom is -0.374 e. The lowest BCUT2D eigenvalue weighted by Gasteiger charge is -2.22. The SMILES string of the molecule is CC(CN(C)c1ccc(C#N)cc1)C(=O)NN. The van der Waals surface area contributed by atoms with Gasteiger partial charge in [0.25, 0.3) is 0 Å². The van der Waals surface area contributed by atoms with Crippen LogP contribution in [0.15, 0.2) is 24.3 Å². The largest absolute Gasteiger partial charge is 0.374 e. The molecule has 1 amide bonds. The van der Waals surface area contributed by atoms with Crippen LogP contribution in [-0.4, -0.2) is 19.5 Å². The van der Waals surface area contributed by atoms with E-state index in [4.69, 9.17) is 11.1 Å². The van der Waals surface area contributed by atoms with Gasteiger partial charge in [-0.1, -0.05) is 6.92 Å². The molecule has 90 valence electrons. The Hall–Kier alpha value is -2.06. The summed E-state index contributed by atoms with van der Waals surface area (Å²) in [5.74, 6) is 4.69. The highest BCUT2D eigenvalue weighted by Crippen LogP contribution is 2.14. The molecule has 1 aromatic rings. The van der Waals surface area contributed by atoms with E-state index in [2.05, 4.69) is 11.5 Å². The Morgan fingerprint density at radius 1 is 1.53 bits per heavy atom. The second-order valence-electron chi connectivity index (χ2n) is 3.95. The van der Waals surface area contributed by atoms with Crippen molar-refractivity contribution in [2.75, 3.05) is 18.5 Å². The summed E-state index contributed by atoms with van der Waals surface area (Å²) in [5.41, 5.74) is 3.71. The van der Waals surface area contributed by atoms with Gasteiger partial charge in [0.2, 0.25) is 5.91 Å². The van der Waals surface area contributed by atoms with Gasteiger partial charge in [0.1, 0.15) is 0 Å². The van der Waals surface area contributed by atoms with E-state index in [1.165, 1.54) is 0 Å². The number of benzene rings is 1. The van der Waals surface area contributed by atoms with Gasteiger partial charge in [-0.15, -0.1) is 0 Å². The Balaban J connectivity index is 2.66. The lowest BCUT2D eigenvalue weighted by molar-refractivity contribution is -0.124. The van der Waals surface area contributed by atoms with Gasteiger partial charge < -0.3 is 4.90 Å². The van der Waals surface area contributed by atoms with Gasteiger partial charge in [-0.25, -0.2) is 5.84 Å². The molecule has 5 nitrogen and oxygen atoms in total. The summed E-state index contributed by atoms with van der Waals surface area (Å²) < 4.78 is 0. The van der Waals surface area contributed by atoms with Gasteiger partial charge in [-0.2, -0.15) is 5.26 Å². The zero-order valence-electron chi connectivity index (χ0n) is 9.97. The zero-order chi connectivity index (χ0) is 12.8. The molecule has 0 saturated carbocycles. The number of nitrogens with zero attached hydrogens (tertiary/aromatic N) is 2. The molecular weight excluding hydrogens is 216 g/mol. The minimum absolute atomic E-state index is 0.189. The monoisotopic (exact) mass is 232 g/mol. The number of amides is 1. The standard InChI is InChI=1S/C12H16N4O/c1-9(12(17)15-14)8-16(2)11-5-3-10(7-13)4-6-11/h3-6,9H,8,14H2,1-2H3,(H,15,17). The molecule has 1 aromatic carbocycles. The van der Waals surface area contributed by atoms with Crippen LogP contribution in [0.2, 0.25) is 0 Å². The Bertz CT molecular complexity index is 421. The summed E-state index contributed by atoms with van der Waals surface area (Å²) in [6.07, 6.45) is 0. The first-order valence-electron chi connectivity index (χ1n) is 5.30. The van der Waals surface area contributed by atoms with Crippen LogP contribution in [0.25, 0.3) is 0 Å². The van der Waals surface area contributed by atoms with Crippen LogP contribution in [-0.2, 0) is 4.79 Å². The lowest BCUT2D eigenvalue weighted by Crippen LogP contribution is -2.39. The third-order valence-corrected chi connectivity index (χ3v) is 2.57. The van der Waals surface area contributed by atoms with Crippen molar-refractivity contribution in [3.05, 3.63) is 29.8 Å². The molecule has 0 heterocycles. The number of rotatable bonds is 4. The molecule has 0 radical (unpaired) electrons. The number of hydrogen-bond acceptors (Lipinski definition) is 4. The molecule has 0 bridgehead atoms. The number of nitrogens with one attached hydrogen (secondary N) is 1. The van der Waals surface area contributed by atoms with Crippen LogP contribution in [0.4, 0.5) is 5.69 Å². The van der Waals surface area contributed by atoms with Gasteiger partial charge in [-0.3, -0.25) is 10.2 Å². The minimum atomic E-state index is -0.194. The highest BCUT2D eigenvalue weighted by molar-refractivity contribution is 5.78. The average Bonchev–Trinajstić information content (AvgIpc) is 2.37. The lowest BCUT2D eigenvalue weighted by atomic mass is 10.1. The van der Waals surface area contributed by atoms with Crippen LogP contribution < -0.4 is 16.2 Å². The van der Waals surface area contributed by atoms with E-state index in [1.54, 1.807) is 12.1 Å². The first kappa shape index (κ1) is 13.0. The van der Waals surface area contributed by atoms with Crippen LogP contribution >= 0.6 is 0 Å². The topological polar surface area (TPSA) is 82.2 Å². The molecule has 17 heavy (non-hydrogen) atoms. The predicted octanol–water partition coefficient (Wildman–Crippen LogP) is 0.620. The molecule has 0 saturated heterocycles. The molecule has 0 aliphatic rings. The number of carbonyl (C=O) groups excluding carboxylic acids is 1. The van der Waals surface area contributed by atoms with Crippen molar-refractivity contribution in [1.29, 1.82) is 5.26 Å². The molecule has 3 N–H and O–H groups in total. The Morgan fingerprint density at radius 2 is 2.12 bits per heavy atom. The highest BCUT2D eigenvalue weighted by Gasteiger charge is 2.14. The molecule has 0 aliphatic heterocycles. The maximum atomic E-state index is 11.3. The Labute approximate surface area is 101 Å². The van der Waals surface area contributed by atoms with Crippen molar-refractivity contribution >= 4 is 11.6 Å². The molecular formula is C12H16N4O. The molecule has 1 atom stereocenters. The van der Waals surface area contributed by atoms with Crippen molar-refractivity contribution in [2.24, 2.45) is 11.8 Å². The van der Waals surface area contributed by atoms with Crippen LogP contribution in [0.3, 0.4) is 0 Å². The molecule has 1 rings (SSSR count). The van der Waals surface area contributed by atoms with E-state index in [0.29, 0.717) is 12.1 Å². The molecule has 0 aromatic heterocycles. The van der Waals surface area contributed by atoms with Crippen LogP contribution in [0, 0.1) is 17.2 Å². The van der Waals surface area contributed by atoms with E-state index in [9.17, 15) is 4.79 Å². The zero-order valence-corrected chi connectivity index (χ0v) is 9.97. The van der Waals surface area contributed by atoms with Gasteiger partial charge in [0, 0.05) is 19.3 Å². The van der Waals surface area contributed by atoms with Crippen molar-refractivity contribution in [2.45, 2.75) is 6.92 Å². The van der Waals surface area contributed by atoms with E-state index in [-0.39, 0.29) is 11.8 Å². The summed E-state index contributed by atoms with van der Waals surface area (Å²) in [6, 6.07) is 9.27. The first-order chi connectivity index (χ1) is 8.08. The number of hydrogen-bond donors (Lipinski definition) is 2. The quantitative estimate of drug-likeness (QED) is 0.453. The third-order valence-electron chi connectivity index (χ3n) is 2.57. The highest BCUT2D eigenvalue weighted by atomic mass is 16.2. The van der Waals surface area contributed by atoms with Gasteiger partial charge in [0.05, 0.1) is 17.6 Å². The third kappa shape index (κ3) is 3.47. The second-order valence-corrected chi connectivity index (χ2v) is 3.95. The van der Waals surface area contributed by atoms with Gasteiger partial charge in [-0.05, 0) is 24.3 Å². The van der Waals surface area contributed by atoms with Crippen molar-refractivity contribution in [3.8, 4) is 6.07 Å². The average molecular weight is 232 g/mol. The molecule has 0 aliphatic carbocycles. The van der Waals surface area contributed by atoms with Crippen molar-refractivity contribution in [1.82, 2.24) is 5.43 Å². The summed E-state index contributed by atoms with van der Waals surface area (Å²) in [7, 11) is 1.89. The molecule has 0 fully saturated rings. The number of nitriles is 1.